The number of aldehydes is 1. The van der Waals surface area contributed by atoms with Crippen LogP contribution in [0.1, 0.15) is 87.5 Å². The minimum Gasteiger partial charge on any atom is -0.462 e. The highest BCUT2D eigenvalue weighted by Gasteiger charge is 2.52. The first-order valence-corrected chi connectivity index (χ1v) is 22.7. The molecule has 0 aromatic heterocycles. The minimum absolute atomic E-state index is 0.00788. The van der Waals surface area contributed by atoms with Crippen molar-refractivity contribution < 1.29 is 82.5 Å². The van der Waals surface area contributed by atoms with Crippen LogP contribution in [0.3, 0.4) is 0 Å². The Kier molecular flexibility index (Phi) is 20.5. The van der Waals surface area contributed by atoms with Crippen LogP contribution in [-0.4, -0.2) is 187 Å². The van der Waals surface area contributed by atoms with E-state index in [9.17, 15) is 39.9 Å². The van der Waals surface area contributed by atoms with Gasteiger partial charge in [0.2, 0.25) is 0 Å². The van der Waals surface area contributed by atoms with Crippen LogP contribution >= 0.6 is 0 Å². The molecule has 0 radical (unpaired) electrons. The molecule has 5 N–H and O–H groups in total. The number of methoxy groups -OCH3 is 2. The molecule has 0 spiro atoms. The van der Waals surface area contributed by atoms with Gasteiger partial charge in [0.1, 0.15) is 49.0 Å². The summed E-state index contributed by atoms with van der Waals surface area (Å²) >= 11 is 0. The fourth-order valence-corrected chi connectivity index (χ4v) is 9.51. The summed E-state index contributed by atoms with van der Waals surface area (Å²) in [5.74, 6) is -3.59. The second-order valence-electron chi connectivity index (χ2n) is 18.7. The van der Waals surface area contributed by atoms with Crippen LogP contribution in [0.15, 0.2) is 23.8 Å². The van der Waals surface area contributed by atoms with Crippen molar-refractivity contribution in [3.63, 3.8) is 0 Å². The van der Waals surface area contributed by atoms with E-state index >= 15 is 0 Å². The second-order valence-corrected chi connectivity index (χ2v) is 18.7. The zero-order valence-electron chi connectivity index (χ0n) is 39.7. The van der Waals surface area contributed by atoms with Gasteiger partial charge in [-0.3, -0.25) is 9.59 Å². The molecule has 64 heavy (non-hydrogen) atoms. The second kappa shape index (κ2) is 24.1. The van der Waals surface area contributed by atoms with Gasteiger partial charge in [-0.15, -0.1) is 0 Å². The molecule has 4 rings (SSSR count). The number of rotatable bonds is 13. The topological polar surface area (TPSA) is 239 Å². The number of likely N-dealkylation sites (N-methyl/N-ethyl adjacent to an activating group) is 1. The van der Waals surface area contributed by atoms with Gasteiger partial charge in [0, 0.05) is 44.8 Å². The van der Waals surface area contributed by atoms with Gasteiger partial charge < -0.3 is 77.9 Å². The molecule has 21 atom stereocenters. The first kappa shape index (κ1) is 54.3. The van der Waals surface area contributed by atoms with E-state index in [1.54, 1.807) is 59.7 Å². The number of ether oxygens (including phenoxy) is 9. The molecule has 18 heteroatoms. The normalized spacial score (nSPS) is 45.9. The molecule has 368 valence electrons. The molecule has 3 saturated heterocycles. The van der Waals surface area contributed by atoms with Gasteiger partial charge in [0.05, 0.1) is 55.2 Å². The van der Waals surface area contributed by atoms with Crippen LogP contribution in [0.5, 0.6) is 0 Å². The van der Waals surface area contributed by atoms with E-state index in [1.807, 2.05) is 19.9 Å². The third-order valence-corrected chi connectivity index (χ3v) is 13.4. The molecule has 6 unspecified atom stereocenters. The largest absolute Gasteiger partial charge is 0.462 e. The van der Waals surface area contributed by atoms with Crippen LogP contribution in [0.2, 0.25) is 0 Å². The number of cyclic esters (lactones) is 1. The zero-order valence-corrected chi connectivity index (χ0v) is 39.7. The molecule has 4 aliphatic heterocycles. The highest BCUT2D eigenvalue weighted by molar-refractivity contribution is 5.91. The predicted octanol–water partition coefficient (Wildman–Crippen LogP) is 1.83. The van der Waals surface area contributed by atoms with Crippen LogP contribution < -0.4 is 0 Å². The van der Waals surface area contributed by atoms with E-state index in [0.717, 1.165) is 6.29 Å². The number of aliphatic hydroxyl groups is 5. The fourth-order valence-electron chi connectivity index (χ4n) is 9.51. The fraction of sp³-hybridized carbons (Fsp3) is 0.848. The maximum absolute atomic E-state index is 13.8. The smallest absolute Gasteiger partial charge is 0.308 e. The Balaban J connectivity index is 1.62. The molecular formula is C46H77NO17. The summed E-state index contributed by atoms with van der Waals surface area (Å²) in [6.45, 7) is 13.6. The Labute approximate surface area is 378 Å². The molecular weight excluding hydrogens is 838 g/mol. The molecule has 0 aromatic rings. The van der Waals surface area contributed by atoms with Crippen LogP contribution in [0.25, 0.3) is 0 Å². The first-order valence-electron chi connectivity index (χ1n) is 22.7. The summed E-state index contributed by atoms with van der Waals surface area (Å²) < 4.78 is 54.7. The van der Waals surface area contributed by atoms with E-state index < -0.39 is 140 Å². The van der Waals surface area contributed by atoms with E-state index in [1.165, 1.54) is 27.2 Å². The van der Waals surface area contributed by atoms with Gasteiger partial charge in [-0.2, -0.15) is 0 Å². The zero-order chi connectivity index (χ0) is 47.8. The van der Waals surface area contributed by atoms with Crippen molar-refractivity contribution in [3.8, 4) is 0 Å². The molecule has 0 saturated carbocycles. The Bertz CT molecular complexity index is 1560. The SMILES string of the molecule is CC[C@H]1OC(=O)C[C@@H](O)[C@H](C)[C@@H](O[C@@H]2OC(C)[C@@H](O[C@H]3CC(C)(O)[C@@H](O)[C@@H](C)O3)C(N(C)C)C2O)[C@@H](CC=O)C[C@@H](C)C(=O)/C=C/C(C)=C/[C@@H]1CO[C@@H]1OC(C)[C@@H](O)[C@H](OC)C1OC. The molecule has 0 aliphatic carbocycles. The predicted molar refractivity (Wildman–Crippen MR) is 230 cm³/mol. The maximum Gasteiger partial charge on any atom is 0.308 e. The lowest BCUT2D eigenvalue weighted by Crippen LogP contribution is -2.65. The van der Waals surface area contributed by atoms with E-state index in [4.69, 9.17) is 42.6 Å². The summed E-state index contributed by atoms with van der Waals surface area (Å²) in [6.07, 6.45) is -8.49. The Morgan fingerprint density at radius 3 is 2.11 bits per heavy atom. The lowest BCUT2D eigenvalue weighted by molar-refractivity contribution is -0.341. The van der Waals surface area contributed by atoms with Gasteiger partial charge in [-0.05, 0) is 73.5 Å². The molecule has 0 amide bonds. The summed E-state index contributed by atoms with van der Waals surface area (Å²) in [7, 11) is 6.43. The van der Waals surface area contributed by atoms with Gasteiger partial charge >= 0.3 is 5.97 Å². The summed E-state index contributed by atoms with van der Waals surface area (Å²) in [5.41, 5.74) is -0.806. The molecule has 4 heterocycles. The van der Waals surface area contributed by atoms with Gasteiger partial charge in [-0.1, -0.05) is 38.5 Å². The quantitative estimate of drug-likeness (QED) is 0.131. The van der Waals surface area contributed by atoms with Crippen LogP contribution in [-0.2, 0) is 57.0 Å². The number of ketones is 1. The number of nitrogens with zero attached hydrogens (tertiary/aromatic N) is 1. The monoisotopic (exact) mass is 916 g/mol. The van der Waals surface area contributed by atoms with Crippen molar-refractivity contribution in [1.82, 2.24) is 4.90 Å². The van der Waals surface area contributed by atoms with E-state index in [2.05, 4.69) is 0 Å². The minimum atomic E-state index is -1.49. The van der Waals surface area contributed by atoms with Crippen molar-refractivity contribution in [2.75, 3.05) is 34.9 Å². The average molecular weight is 916 g/mol. The molecule has 18 nitrogen and oxygen atoms in total. The maximum atomic E-state index is 13.8. The summed E-state index contributed by atoms with van der Waals surface area (Å²) in [4.78, 5) is 41.5. The number of carbonyl (C=O) groups is 3. The standard InChI is InChI=1S/C46H77NO17/c1-13-33-30(22-58-45-42(57-12)41(56-11)37(52)26(5)60-45)18-23(2)14-15-31(49)24(3)19-29(16-17-48)39(25(4)32(50)20-34(51)62-33)64-44-38(53)36(47(9)10)40(27(6)61-44)63-35-21-46(8,55)43(54)28(7)59-35/h14-15,17-18,24-30,32-33,35-45,50,52-55H,13,16,19-22H2,1-12H3/b15-14+,23-18+/t24-,25+,26?,27?,28-,29+,30-,32-,33-,35+,36?,37-,38?,39-,40-,41+,42?,43+,44+,45-,46?/m1/s1. The summed E-state index contributed by atoms with van der Waals surface area (Å²) in [5, 5.41) is 55.8. The third-order valence-electron chi connectivity index (χ3n) is 13.4. The number of esters is 1. The lowest BCUT2D eigenvalue weighted by Gasteiger charge is -2.50. The lowest BCUT2D eigenvalue weighted by atomic mass is 9.79. The Morgan fingerprint density at radius 2 is 1.52 bits per heavy atom. The number of hydrogen-bond acceptors (Lipinski definition) is 18. The number of hydrogen-bond donors (Lipinski definition) is 5. The van der Waals surface area contributed by atoms with Gasteiger partial charge in [0.15, 0.2) is 24.7 Å². The number of carbonyl (C=O) groups excluding carboxylic acids is 3. The third kappa shape index (κ3) is 13.5. The Hall–Kier alpha value is -2.27. The number of aliphatic hydroxyl groups excluding tert-OH is 4. The first-order chi connectivity index (χ1) is 30.1. The average Bonchev–Trinajstić information content (AvgIpc) is 3.23. The van der Waals surface area contributed by atoms with E-state index in [0.29, 0.717) is 12.0 Å². The van der Waals surface area contributed by atoms with Crippen molar-refractivity contribution in [3.05, 3.63) is 23.8 Å². The highest BCUT2D eigenvalue weighted by atomic mass is 16.7. The summed E-state index contributed by atoms with van der Waals surface area (Å²) in [6, 6.07) is -0.748. The van der Waals surface area contributed by atoms with Gasteiger partial charge in [0.25, 0.3) is 0 Å². The van der Waals surface area contributed by atoms with E-state index in [-0.39, 0.29) is 31.7 Å². The molecule has 0 aromatic carbocycles. The Morgan fingerprint density at radius 1 is 0.859 bits per heavy atom. The van der Waals surface area contributed by atoms with Crippen LogP contribution in [0, 0.1) is 23.7 Å². The van der Waals surface area contributed by atoms with Crippen LogP contribution in [0.4, 0.5) is 0 Å². The highest BCUT2D eigenvalue weighted by Crippen LogP contribution is 2.37. The van der Waals surface area contributed by atoms with Crippen molar-refractivity contribution in [2.24, 2.45) is 23.7 Å². The number of allylic oxidation sites excluding steroid dienone is 3. The van der Waals surface area contributed by atoms with Crippen molar-refractivity contribution in [1.29, 1.82) is 0 Å². The molecule has 4 aliphatic rings. The van der Waals surface area contributed by atoms with Gasteiger partial charge in [-0.25, -0.2) is 0 Å². The van der Waals surface area contributed by atoms with Crippen molar-refractivity contribution in [2.45, 2.75) is 191 Å². The van der Waals surface area contributed by atoms with Crippen molar-refractivity contribution >= 4 is 18.0 Å². The molecule has 3 fully saturated rings. The molecule has 0 bridgehead atoms.